The minimum Gasteiger partial charge on any atom is -0.444 e. The highest BCUT2D eigenvalue weighted by Crippen LogP contribution is 2.39. The quantitative estimate of drug-likeness (QED) is 0.353. The van der Waals surface area contributed by atoms with Crippen molar-refractivity contribution >= 4 is 48.6 Å². The van der Waals surface area contributed by atoms with Gasteiger partial charge >= 0.3 is 6.09 Å². The van der Waals surface area contributed by atoms with Crippen LogP contribution in [0.5, 0.6) is 0 Å². The number of benzene rings is 1. The summed E-state index contributed by atoms with van der Waals surface area (Å²) in [5.74, 6) is 1.72. The van der Waals surface area contributed by atoms with E-state index >= 15 is 0 Å². The Balaban J connectivity index is 1.19. The van der Waals surface area contributed by atoms with Gasteiger partial charge in [-0.05, 0) is 63.7 Å². The second kappa shape index (κ2) is 10.3. The average molecular weight is 514 g/mol. The zero-order chi connectivity index (χ0) is 26.9. The summed E-state index contributed by atoms with van der Waals surface area (Å²) < 4.78 is 5.43. The molecule has 2 aromatic heterocycles. The normalized spacial score (nSPS) is 17.2. The molecule has 196 valence electrons. The Hall–Kier alpha value is -4.09. The predicted octanol–water partition coefficient (Wildman–Crippen LogP) is 3.10. The number of hydrogen-bond acceptors (Lipinski definition) is 8. The fraction of sp³-hybridized carbons (Fsp3) is 0.423. The Morgan fingerprint density at radius 2 is 1.97 bits per heavy atom. The number of carbonyl (C=O) groups excluding carboxylic acids is 2. The van der Waals surface area contributed by atoms with Crippen LogP contribution in [-0.2, 0) is 4.74 Å². The van der Waals surface area contributed by atoms with E-state index in [1.807, 2.05) is 32.9 Å². The number of nitrogens with one attached hydrogen (secondary N) is 4. The van der Waals surface area contributed by atoms with Gasteiger partial charge in [-0.1, -0.05) is 6.07 Å². The molecule has 11 nitrogen and oxygen atoms in total. The molecule has 1 aliphatic carbocycles. The average Bonchev–Trinajstić information content (AvgIpc) is 3.42. The van der Waals surface area contributed by atoms with Gasteiger partial charge in [0.05, 0.1) is 0 Å². The first-order valence-electron chi connectivity index (χ1n) is 12.7. The zero-order valence-corrected chi connectivity index (χ0v) is 21.7. The number of amides is 2. The van der Waals surface area contributed by atoms with Gasteiger partial charge in [-0.2, -0.15) is 10.1 Å². The standard InChI is InChI=1S/C26H31BN8O3/c1-26(2,3)38-25(37)35-10-9-18(14-35)29-23(36)16-5-4-6-17(11-16)30-24-28-13-19(27)22(32-24)31-21-12-20(33-34-21)15-7-8-15/h4-6,11-13,15,18H,7-10,14H2,1-3H3,(H,29,36)(H3,28,30,31,32,33,34)/t18-/m0/s1. The predicted molar refractivity (Wildman–Crippen MR) is 145 cm³/mol. The highest BCUT2D eigenvalue weighted by Gasteiger charge is 2.30. The lowest BCUT2D eigenvalue weighted by molar-refractivity contribution is 0.0290. The molecule has 4 N–H and O–H groups in total. The first kappa shape index (κ1) is 25.6. The lowest BCUT2D eigenvalue weighted by atomic mass is 9.99. The summed E-state index contributed by atoms with van der Waals surface area (Å²) in [5, 5.41) is 16.6. The fourth-order valence-corrected chi connectivity index (χ4v) is 4.18. The van der Waals surface area contributed by atoms with E-state index in [1.54, 1.807) is 23.1 Å². The topological polar surface area (TPSA) is 137 Å². The van der Waals surface area contributed by atoms with Crippen molar-refractivity contribution in [3.63, 3.8) is 0 Å². The number of nitrogens with zero attached hydrogens (tertiary/aromatic N) is 4. The summed E-state index contributed by atoms with van der Waals surface area (Å²) in [6.45, 7) is 6.44. The first-order chi connectivity index (χ1) is 18.1. The van der Waals surface area contributed by atoms with Gasteiger partial charge in [-0.3, -0.25) is 9.89 Å². The molecule has 2 radical (unpaired) electrons. The minimum atomic E-state index is -0.560. The van der Waals surface area contributed by atoms with Gasteiger partial charge < -0.3 is 25.6 Å². The number of aromatic nitrogens is 4. The van der Waals surface area contributed by atoms with E-state index in [1.165, 1.54) is 19.0 Å². The van der Waals surface area contributed by atoms with E-state index in [-0.39, 0.29) is 18.0 Å². The molecule has 5 rings (SSSR count). The van der Waals surface area contributed by atoms with Crippen molar-refractivity contribution < 1.29 is 14.3 Å². The molecule has 1 atom stereocenters. The molecule has 1 aromatic carbocycles. The maximum Gasteiger partial charge on any atom is 0.410 e. The van der Waals surface area contributed by atoms with E-state index in [4.69, 9.17) is 12.6 Å². The first-order valence-corrected chi connectivity index (χ1v) is 12.7. The third-order valence-corrected chi connectivity index (χ3v) is 6.23. The summed E-state index contributed by atoms with van der Waals surface area (Å²) >= 11 is 0. The van der Waals surface area contributed by atoms with Gasteiger partial charge in [0, 0.05) is 54.3 Å². The van der Waals surface area contributed by atoms with Crippen LogP contribution < -0.4 is 21.4 Å². The number of hydrogen-bond donors (Lipinski definition) is 4. The lowest BCUT2D eigenvalue weighted by Crippen LogP contribution is -2.40. The second-order valence-corrected chi connectivity index (χ2v) is 10.7. The highest BCUT2D eigenvalue weighted by atomic mass is 16.6. The Kier molecular flexibility index (Phi) is 6.96. The summed E-state index contributed by atoms with van der Waals surface area (Å²) in [4.78, 5) is 35.6. The summed E-state index contributed by atoms with van der Waals surface area (Å²) in [6, 6.07) is 8.86. The number of H-pyrrole nitrogens is 1. The van der Waals surface area contributed by atoms with Crippen molar-refractivity contribution in [3.05, 3.63) is 47.8 Å². The van der Waals surface area contributed by atoms with E-state index < -0.39 is 5.60 Å². The molecule has 1 saturated carbocycles. The molecule has 12 heteroatoms. The van der Waals surface area contributed by atoms with Crippen LogP contribution in [0.4, 0.5) is 28.1 Å². The van der Waals surface area contributed by atoms with Crippen LogP contribution >= 0.6 is 0 Å². The smallest absolute Gasteiger partial charge is 0.410 e. The van der Waals surface area contributed by atoms with Crippen LogP contribution in [0.1, 0.15) is 62.0 Å². The van der Waals surface area contributed by atoms with Crippen LogP contribution in [0.2, 0.25) is 0 Å². The van der Waals surface area contributed by atoms with Crippen molar-refractivity contribution in [2.75, 3.05) is 23.7 Å². The molecule has 1 saturated heterocycles. The largest absolute Gasteiger partial charge is 0.444 e. The second-order valence-electron chi connectivity index (χ2n) is 10.7. The van der Waals surface area contributed by atoms with Gasteiger partial charge in [0.25, 0.3) is 5.91 Å². The number of likely N-dealkylation sites (tertiary alicyclic amines) is 1. The summed E-state index contributed by atoms with van der Waals surface area (Å²) in [6.07, 6.45) is 4.16. The van der Waals surface area contributed by atoms with E-state index in [0.717, 1.165) is 5.69 Å². The molecule has 2 amide bonds. The molecule has 0 unspecified atom stereocenters. The van der Waals surface area contributed by atoms with Gasteiger partial charge in [0.2, 0.25) is 5.95 Å². The lowest BCUT2D eigenvalue weighted by Gasteiger charge is -2.24. The van der Waals surface area contributed by atoms with Crippen LogP contribution in [0.3, 0.4) is 0 Å². The Bertz CT molecular complexity index is 1330. The van der Waals surface area contributed by atoms with Crippen molar-refractivity contribution in [2.45, 2.75) is 57.6 Å². The maximum atomic E-state index is 12.9. The van der Waals surface area contributed by atoms with Crippen LogP contribution in [-0.4, -0.2) is 69.6 Å². The maximum absolute atomic E-state index is 12.9. The number of anilines is 4. The van der Waals surface area contributed by atoms with Crippen molar-refractivity contribution in [1.82, 2.24) is 30.4 Å². The van der Waals surface area contributed by atoms with Gasteiger partial charge in [0.15, 0.2) is 5.82 Å². The molecular formula is C26H31BN8O3. The fourth-order valence-electron chi connectivity index (χ4n) is 4.18. The molecular weight excluding hydrogens is 483 g/mol. The third-order valence-electron chi connectivity index (χ3n) is 6.23. The van der Waals surface area contributed by atoms with Crippen molar-refractivity contribution in [3.8, 4) is 0 Å². The molecule has 38 heavy (non-hydrogen) atoms. The van der Waals surface area contributed by atoms with Crippen LogP contribution in [0.25, 0.3) is 0 Å². The highest BCUT2D eigenvalue weighted by molar-refractivity contribution is 6.35. The summed E-state index contributed by atoms with van der Waals surface area (Å²) in [7, 11) is 6.07. The van der Waals surface area contributed by atoms with E-state index in [9.17, 15) is 9.59 Å². The Morgan fingerprint density at radius 1 is 1.16 bits per heavy atom. The molecule has 3 aromatic rings. The molecule has 2 fully saturated rings. The van der Waals surface area contributed by atoms with Crippen LogP contribution in [0.15, 0.2) is 36.5 Å². The summed E-state index contributed by atoms with van der Waals surface area (Å²) in [5.41, 5.74) is 2.05. The van der Waals surface area contributed by atoms with Gasteiger partial charge in [-0.15, -0.1) is 0 Å². The van der Waals surface area contributed by atoms with Crippen molar-refractivity contribution in [1.29, 1.82) is 0 Å². The number of ether oxygens (including phenoxy) is 1. The molecule has 0 spiro atoms. The minimum absolute atomic E-state index is 0.150. The number of rotatable bonds is 7. The van der Waals surface area contributed by atoms with Crippen LogP contribution in [0, 0.1) is 0 Å². The Labute approximate surface area is 222 Å². The monoisotopic (exact) mass is 514 g/mol. The van der Waals surface area contributed by atoms with Gasteiger partial charge in [-0.25, -0.2) is 9.78 Å². The Morgan fingerprint density at radius 3 is 2.74 bits per heavy atom. The molecule has 0 bridgehead atoms. The van der Waals surface area contributed by atoms with E-state index in [0.29, 0.717) is 59.7 Å². The van der Waals surface area contributed by atoms with Gasteiger partial charge in [0.1, 0.15) is 19.3 Å². The number of aromatic amines is 1. The molecule has 2 aliphatic rings. The zero-order valence-electron chi connectivity index (χ0n) is 21.7. The third kappa shape index (κ3) is 6.42. The molecule has 3 heterocycles. The number of carbonyl (C=O) groups is 2. The molecule has 1 aliphatic heterocycles. The SMILES string of the molecule is [B]c1cnc(Nc2cccc(C(=O)N[C@H]3CCN(C(=O)OC(C)(C)C)C3)c2)nc1Nc1cc(C2CC2)[nH]n1. The van der Waals surface area contributed by atoms with E-state index in [2.05, 4.69) is 36.1 Å². The van der Waals surface area contributed by atoms with Crippen molar-refractivity contribution in [2.24, 2.45) is 0 Å².